The van der Waals surface area contributed by atoms with E-state index < -0.39 is 23.2 Å². The minimum Gasteiger partial charge on any atom is -0.481 e. The molecule has 1 N–H and O–H groups in total. The first-order valence-corrected chi connectivity index (χ1v) is 3.10. The molecule has 2 aliphatic rings. The molecule has 2 aliphatic carbocycles. The van der Waals surface area contributed by atoms with E-state index in [0.717, 1.165) is 0 Å². The molecule has 0 amide bonds. The van der Waals surface area contributed by atoms with Gasteiger partial charge in [-0.05, 0) is 6.42 Å². The summed E-state index contributed by atoms with van der Waals surface area (Å²) >= 11 is 0. The van der Waals surface area contributed by atoms with Gasteiger partial charge >= 0.3 is 5.97 Å². The molecule has 4 heteroatoms. The van der Waals surface area contributed by atoms with Gasteiger partial charge < -0.3 is 5.11 Å². The van der Waals surface area contributed by atoms with Gasteiger partial charge in [-0.1, -0.05) is 0 Å². The zero-order valence-corrected chi connectivity index (χ0v) is 5.10. The third-order valence-electron chi connectivity index (χ3n) is 2.51. The topological polar surface area (TPSA) is 37.3 Å². The molecule has 0 aromatic rings. The maximum absolute atomic E-state index is 12.3. The number of halogens is 2. The third kappa shape index (κ3) is 0.458. The summed E-state index contributed by atoms with van der Waals surface area (Å²) in [6, 6.07) is 0. The Balaban J connectivity index is 2.10. The van der Waals surface area contributed by atoms with Crippen LogP contribution in [-0.2, 0) is 4.79 Å². The molecule has 2 atom stereocenters. The molecule has 0 aromatic carbocycles. The molecule has 1 spiro atoms. The molecule has 10 heavy (non-hydrogen) atoms. The quantitative estimate of drug-likeness (QED) is 0.604. The van der Waals surface area contributed by atoms with Crippen molar-refractivity contribution >= 4 is 5.97 Å². The highest BCUT2D eigenvalue weighted by Gasteiger charge is 2.85. The first-order valence-electron chi connectivity index (χ1n) is 3.10. The molecule has 0 radical (unpaired) electrons. The number of carbonyl (C=O) groups is 1. The first-order chi connectivity index (χ1) is 4.50. The van der Waals surface area contributed by atoms with E-state index in [1.807, 2.05) is 0 Å². The molecule has 2 saturated carbocycles. The highest BCUT2D eigenvalue weighted by Crippen LogP contribution is 2.79. The number of hydrogen-bond acceptors (Lipinski definition) is 1. The molecule has 2 rings (SSSR count). The minimum atomic E-state index is -2.67. The monoisotopic (exact) mass is 148 g/mol. The molecule has 0 bridgehead atoms. The number of hydrogen-bond donors (Lipinski definition) is 1. The van der Waals surface area contributed by atoms with Crippen LogP contribution >= 0.6 is 0 Å². The van der Waals surface area contributed by atoms with Gasteiger partial charge in [-0.15, -0.1) is 0 Å². The molecular formula is C6H6F2O2. The Bertz CT molecular complexity index is 214. The molecule has 2 fully saturated rings. The van der Waals surface area contributed by atoms with Gasteiger partial charge in [0.15, 0.2) is 0 Å². The SMILES string of the molecule is O=C(O)C1CC12CC2(F)F. The van der Waals surface area contributed by atoms with Gasteiger partial charge in [-0.2, -0.15) is 0 Å². The average Bonchev–Trinajstić information content (AvgIpc) is 2.51. The van der Waals surface area contributed by atoms with Crippen molar-refractivity contribution in [2.45, 2.75) is 18.8 Å². The Morgan fingerprint density at radius 2 is 2.10 bits per heavy atom. The van der Waals surface area contributed by atoms with E-state index in [-0.39, 0.29) is 12.8 Å². The minimum absolute atomic E-state index is 0.176. The zero-order valence-electron chi connectivity index (χ0n) is 5.10. The van der Waals surface area contributed by atoms with E-state index in [2.05, 4.69) is 0 Å². The maximum Gasteiger partial charge on any atom is 0.307 e. The summed E-state index contributed by atoms with van der Waals surface area (Å²) in [6.45, 7) is 0. The van der Waals surface area contributed by atoms with Crippen LogP contribution in [0.4, 0.5) is 8.78 Å². The highest BCUT2D eigenvalue weighted by atomic mass is 19.3. The van der Waals surface area contributed by atoms with Crippen LogP contribution in [0.1, 0.15) is 12.8 Å². The van der Waals surface area contributed by atoms with Crippen LogP contribution in [0.5, 0.6) is 0 Å². The van der Waals surface area contributed by atoms with Gasteiger partial charge in [-0.3, -0.25) is 4.79 Å². The van der Waals surface area contributed by atoms with Crippen molar-refractivity contribution in [2.75, 3.05) is 0 Å². The van der Waals surface area contributed by atoms with Gasteiger partial charge in [-0.25, -0.2) is 8.78 Å². The first kappa shape index (κ1) is 6.07. The summed E-state index contributed by atoms with van der Waals surface area (Å²) in [7, 11) is 0. The summed E-state index contributed by atoms with van der Waals surface area (Å²) in [5, 5.41) is 8.33. The van der Waals surface area contributed by atoms with Crippen LogP contribution in [0.15, 0.2) is 0 Å². The van der Waals surface area contributed by atoms with Crippen molar-refractivity contribution in [3.05, 3.63) is 0 Å². The number of carboxylic acid groups (broad SMARTS) is 1. The Morgan fingerprint density at radius 3 is 2.20 bits per heavy atom. The predicted molar refractivity (Wildman–Crippen MR) is 27.7 cm³/mol. The van der Waals surface area contributed by atoms with Crippen LogP contribution < -0.4 is 0 Å². The number of carboxylic acids is 1. The number of rotatable bonds is 1. The van der Waals surface area contributed by atoms with E-state index in [0.29, 0.717) is 0 Å². The van der Waals surface area contributed by atoms with Crippen molar-refractivity contribution < 1.29 is 18.7 Å². The van der Waals surface area contributed by atoms with Gasteiger partial charge in [0.25, 0.3) is 5.92 Å². The Kier molecular flexibility index (Phi) is 0.727. The van der Waals surface area contributed by atoms with E-state index >= 15 is 0 Å². The highest BCUT2D eigenvalue weighted by molar-refractivity contribution is 5.76. The fourth-order valence-corrected chi connectivity index (χ4v) is 1.58. The van der Waals surface area contributed by atoms with Crippen LogP contribution in [0, 0.1) is 11.3 Å². The standard InChI is InChI=1S/C6H6F2O2/c7-6(8)2-5(6)1-3(5)4(9)10/h3H,1-2H2,(H,9,10). The third-order valence-corrected chi connectivity index (χ3v) is 2.51. The molecule has 0 aliphatic heterocycles. The van der Waals surface area contributed by atoms with E-state index in [4.69, 9.17) is 5.11 Å². The fourth-order valence-electron chi connectivity index (χ4n) is 1.58. The normalized spacial score (nSPS) is 47.2. The van der Waals surface area contributed by atoms with Gasteiger partial charge in [0.2, 0.25) is 0 Å². The van der Waals surface area contributed by atoms with Crippen molar-refractivity contribution in [1.82, 2.24) is 0 Å². The van der Waals surface area contributed by atoms with Crippen molar-refractivity contribution in [3.8, 4) is 0 Å². The average molecular weight is 148 g/mol. The largest absolute Gasteiger partial charge is 0.481 e. The second kappa shape index (κ2) is 1.20. The summed E-state index contributed by atoms with van der Waals surface area (Å²) in [5.41, 5.74) is -1.10. The van der Waals surface area contributed by atoms with Crippen molar-refractivity contribution in [1.29, 1.82) is 0 Å². The lowest BCUT2D eigenvalue weighted by Crippen LogP contribution is -2.04. The van der Waals surface area contributed by atoms with Crippen LogP contribution in [0.3, 0.4) is 0 Å². The molecule has 2 nitrogen and oxygen atoms in total. The molecule has 56 valence electrons. The molecule has 0 aromatic heterocycles. The Morgan fingerprint density at radius 1 is 1.60 bits per heavy atom. The van der Waals surface area contributed by atoms with E-state index in [1.54, 1.807) is 0 Å². The summed E-state index contributed by atoms with van der Waals surface area (Å²) < 4.78 is 24.6. The van der Waals surface area contributed by atoms with Crippen molar-refractivity contribution in [3.63, 3.8) is 0 Å². The summed E-state index contributed by atoms with van der Waals surface area (Å²) in [4.78, 5) is 10.2. The lowest BCUT2D eigenvalue weighted by Gasteiger charge is -1.89. The second-order valence-corrected chi connectivity index (χ2v) is 3.13. The number of alkyl halides is 2. The molecular weight excluding hydrogens is 142 g/mol. The Hall–Kier alpha value is -0.670. The number of aliphatic carboxylic acids is 1. The zero-order chi connectivity index (χ0) is 7.57. The Labute approximate surface area is 55.8 Å². The van der Waals surface area contributed by atoms with Crippen LogP contribution in [0.25, 0.3) is 0 Å². The molecule has 2 unspecified atom stereocenters. The van der Waals surface area contributed by atoms with Crippen LogP contribution in [0.2, 0.25) is 0 Å². The van der Waals surface area contributed by atoms with Gasteiger partial charge in [0, 0.05) is 6.42 Å². The lowest BCUT2D eigenvalue weighted by atomic mass is 10.3. The van der Waals surface area contributed by atoms with E-state index in [9.17, 15) is 13.6 Å². The smallest absolute Gasteiger partial charge is 0.307 e. The molecule has 0 heterocycles. The fraction of sp³-hybridized carbons (Fsp3) is 0.833. The summed E-state index contributed by atoms with van der Waals surface area (Å²) in [5.74, 6) is -4.50. The van der Waals surface area contributed by atoms with E-state index in [1.165, 1.54) is 0 Å². The maximum atomic E-state index is 12.3. The lowest BCUT2D eigenvalue weighted by molar-refractivity contribution is -0.139. The van der Waals surface area contributed by atoms with Crippen LogP contribution in [-0.4, -0.2) is 17.0 Å². The van der Waals surface area contributed by atoms with Gasteiger partial charge in [0.05, 0.1) is 11.3 Å². The predicted octanol–water partition coefficient (Wildman–Crippen LogP) is 1.12. The van der Waals surface area contributed by atoms with Crippen molar-refractivity contribution in [2.24, 2.45) is 11.3 Å². The molecule has 0 saturated heterocycles. The van der Waals surface area contributed by atoms with Gasteiger partial charge in [0.1, 0.15) is 0 Å². The second-order valence-electron chi connectivity index (χ2n) is 3.13. The summed E-state index contributed by atoms with van der Waals surface area (Å²) in [6.07, 6.45) is -0.0354.